The van der Waals surface area contributed by atoms with Crippen LogP contribution in [0.2, 0.25) is 5.02 Å². The van der Waals surface area contributed by atoms with Crippen molar-refractivity contribution in [3.63, 3.8) is 0 Å². The van der Waals surface area contributed by atoms with E-state index in [0.29, 0.717) is 28.8 Å². The highest BCUT2D eigenvalue weighted by molar-refractivity contribution is 6.30. The van der Waals surface area contributed by atoms with E-state index in [-0.39, 0.29) is 17.8 Å². The molecule has 2 heterocycles. The molecule has 0 atom stereocenters. The van der Waals surface area contributed by atoms with Gasteiger partial charge in [0.25, 0.3) is 5.91 Å². The summed E-state index contributed by atoms with van der Waals surface area (Å²) in [5, 5.41) is 7.71. The molecular formula is C21H20ClFN4O2. The van der Waals surface area contributed by atoms with E-state index in [1.807, 2.05) is 12.1 Å². The number of rotatable bonds is 5. The molecule has 0 saturated carbocycles. The number of amides is 1. The van der Waals surface area contributed by atoms with Gasteiger partial charge in [0, 0.05) is 35.3 Å². The van der Waals surface area contributed by atoms with E-state index < -0.39 is 0 Å². The summed E-state index contributed by atoms with van der Waals surface area (Å²) in [6, 6.07) is 13.0. The Morgan fingerprint density at radius 1 is 1.14 bits per heavy atom. The van der Waals surface area contributed by atoms with Crippen molar-refractivity contribution in [2.75, 3.05) is 13.1 Å². The molecule has 3 aromatic rings. The number of nitrogens with one attached hydrogen (secondary N) is 1. The monoisotopic (exact) mass is 414 g/mol. The third kappa shape index (κ3) is 4.99. The Labute approximate surface area is 172 Å². The van der Waals surface area contributed by atoms with Crippen molar-refractivity contribution in [1.82, 2.24) is 20.4 Å². The lowest BCUT2D eigenvalue weighted by Crippen LogP contribution is -2.44. The number of benzene rings is 2. The summed E-state index contributed by atoms with van der Waals surface area (Å²) in [5.74, 6) is 0.574. The molecule has 6 nitrogen and oxygen atoms in total. The third-order valence-corrected chi connectivity index (χ3v) is 5.21. The minimum absolute atomic E-state index is 0.0936. The minimum atomic E-state index is -0.352. The van der Waals surface area contributed by atoms with E-state index in [1.54, 1.807) is 12.1 Å². The van der Waals surface area contributed by atoms with Crippen LogP contribution in [0.4, 0.5) is 4.39 Å². The number of likely N-dealkylation sites (tertiary alicyclic amines) is 1. The molecule has 0 radical (unpaired) electrons. The molecule has 1 fully saturated rings. The molecule has 1 N–H and O–H groups in total. The molecule has 0 unspecified atom stereocenters. The lowest BCUT2D eigenvalue weighted by Gasteiger charge is -2.31. The molecule has 1 aliphatic heterocycles. The first-order valence-corrected chi connectivity index (χ1v) is 9.82. The molecule has 0 spiro atoms. The van der Waals surface area contributed by atoms with Crippen LogP contribution in [0.1, 0.15) is 29.1 Å². The van der Waals surface area contributed by atoms with Crippen molar-refractivity contribution >= 4 is 17.5 Å². The Hall–Kier alpha value is -2.77. The number of hydrogen-bond acceptors (Lipinski definition) is 5. The van der Waals surface area contributed by atoms with Crippen molar-refractivity contribution in [3.05, 3.63) is 70.8 Å². The molecule has 1 aromatic heterocycles. The van der Waals surface area contributed by atoms with Crippen molar-refractivity contribution in [2.45, 2.75) is 25.4 Å². The van der Waals surface area contributed by atoms with E-state index in [4.69, 9.17) is 16.1 Å². The fraction of sp³-hybridized carbons (Fsp3) is 0.286. The highest BCUT2D eigenvalue weighted by atomic mass is 35.5. The molecule has 8 heteroatoms. The maximum atomic E-state index is 13.0. The molecule has 1 saturated heterocycles. The Morgan fingerprint density at radius 3 is 2.52 bits per heavy atom. The zero-order chi connectivity index (χ0) is 20.2. The highest BCUT2D eigenvalue weighted by Crippen LogP contribution is 2.20. The smallest absolute Gasteiger partial charge is 0.251 e. The van der Waals surface area contributed by atoms with Gasteiger partial charge in [-0.25, -0.2) is 4.39 Å². The van der Waals surface area contributed by atoms with E-state index in [0.717, 1.165) is 31.5 Å². The summed E-state index contributed by atoms with van der Waals surface area (Å²) < 4.78 is 18.4. The van der Waals surface area contributed by atoms with Crippen molar-refractivity contribution < 1.29 is 13.7 Å². The lowest BCUT2D eigenvalue weighted by atomic mass is 10.0. The van der Waals surface area contributed by atoms with Gasteiger partial charge in [-0.1, -0.05) is 16.8 Å². The summed E-state index contributed by atoms with van der Waals surface area (Å²) in [4.78, 5) is 18.9. The fourth-order valence-corrected chi connectivity index (χ4v) is 3.46. The van der Waals surface area contributed by atoms with Gasteiger partial charge in [-0.3, -0.25) is 9.69 Å². The Balaban J connectivity index is 1.27. The van der Waals surface area contributed by atoms with Gasteiger partial charge in [-0.05, 0) is 61.4 Å². The number of carbonyl (C=O) groups excluding carboxylic acids is 1. The van der Waals surface area contributed by atoms with Crippen molar-refractivity contribution in [1.29, 1.82) is 0 Å². The van der Waals surface area contributed by atoms with E-state index >= 15 is 0 Å². The third-order valence-electron chi connectivity index (χ3n) is 4.96. The van der Waals surface area contributed by atoms with Crippen LogP contribution in [0.15, 0.2) is 53.1 Å². The minimum Gasteiger partial charge on any atom is -0.349 e. The normalized spacial score (nSPS) is 15.4. The van der Waals surface area contributed by atoms with Gasteiger partial charge in [0.2, 0.25) is 11.7 Å². The Morgan fingerprint density at radius 2 is 1.83 bits per heavy atom. The number of piperidine rings is 1. The van der Waals surface area contributed by atoms with Crippen LogP contribution in [0, 0.1) is 5.82 Å². The molecule has 0 aliphatic carbocycles. The van der Waals surface area contributed by atoms with Gasteiger partial charge >= 0.3 is 0 Å². The Kier molecular flexibility index (Phi) is 5.87. The maximum Gasteiger partial charge on any atom is 0.251 e. The molecule has 1 amide bonds. The first-order valence-electron chi connectivity index (χ1n) is 9.44. The van der Waals surface area contributed by atoms with Gasteiger partial charge < -0.3 is 9.84 Å². The summed E-state index contributed by atoms with van der Waals surface area (Å²) >= 11 is 5.91. The largest absolute Gasteiger partial charge is 0.349 e. The number of halogens is 2. The predicted molar refractivity (Wildman–Crippen MR) is 107 cm³/mol. The predicted octanol–water partition coefficient (Wildman–Crippen LogP) is 3.92. The molecule has 2 aromatic carbocycles. The van der Waals surface area contributed by atoms with Crippen LogP contribution < -0.4 is 5.32 Å². The van der Waals surface area contributed by atoms with E-state index in [1.165, 1.54) is 24.3 Å². The second kappa shape index (κ2) is 8.71. The summed E-state index contributed by atoms with van der Waals surface area (Å²) in [5.41, 5.74) is 1.32. The topological polar surface area (TPSA) is 71.3 Å². The van der Waals surface area contributed by atoms with Crippen molar-refractivity contribution in [3.8, 4) is 11.4 Å². The average molecular weight is 415 g/mol. The summed E-state index contributed by atoms with van der Waals surface area (Å²) in [6.45, 7) is 2.19. The van der Waals surface area contributed by atoms with Crippen LogP contribution in [0.5, 0.6) is 0 Å². The molecule has 4 rings (SSSR count). The lowest BCUT2D eigenvalue weighted by molar-refractivity contribution is 0.0904. The van der Waals surface area contributed by atoms with Gasteiger partial charge in [0.1, 0.15) is 5.82 Å². The number of aromatic nitrogens is 2. The molecular weight excluding hydrogens is 395 g/mol. The first kappa shape index (κ1) is 19.5. The van der Waals surface area contributed by atoms with Gasteiger partial charge in [-0.15, -0.1) is 0 Å². The van der Waals surface area contributed by atoms with Crippen LogP contribution in [-0.2, 0) is 6.54 Å². The highest BCUT2D eigenvalue weighted by Gasteiger charge is 2.23. The SMILES string of the molecule is O=C(NC1CCN(Cc2nc(-c3ccc(Cl)cc3)no2)CC1)c1ccc(F)cc1. The summed E-state index contributed by atoms with van der Waals surface area (Å²) in [6.07, 6.45) is 1.65. The molecule has 1 aliphatic rings. The molecule has 29 heavy (non-hydrogen) atoms. The fourth-order valence-electron chi connectivity index (χ4n) is 3.33. The quantitative estimate of drug-likeness (QED) is 0.685. The second-order valence-electron chi connectivity index (χ2n) is 7.05. The Bertz CT molecular complexity index is 967. The number of nitrogens with zero attached hydrogens (tertiary/aromatic N) is 3. The summed E-state index contributed by atoms with van der Waals surface area (Å²) in [7, 11) is 0. The van der Waals surface area contributed by atoms with Crippen LogP contribution in [0.3, 0.4) is 0 Å². The van der Waals surface area contributed by atoms with E-state index in [2.05, 4.69) is 20.4 Å². The second-order valence-corrected chi connectivity index (χ2v) is 7.49. The number of hydrogen-bond donors (Lipinski definition) is 1. The molecule has 150 valence electrons. The maximum absolute atomic E-state index is 13.0. The van der Waals surface area contributed by atoms with Gasteiger partial charge in [-0.2, -0.15) is 4.98 Å². The van der Waals surface area contributed by atoms with E-state index in [9.17, 15) is 9.18 Å². The molecule has 0 bridgehead atoms. The van der Waals surface area contributed by atoms with Gasteiger partial charge in [0.15, 0.2) is 0 Å². The van der Waals surface area contributed by atoms with Crippen LogP contribution in [0.25, 0.3) is 11.4 Å². The first-order chi connectivity index (χ1) is 14.1. The number of carbonyl (C=O) groups is 1. The van der Waals surface area contributed by atoms with Crippen LogP contribution >= 0.6 is 11.6 Å². The zero-order valence-corrected chi connectivity index (χ0v) is 16.4. The van der Waals surface area contributed by atoms with Crippen molar-refractivity contribution in [2.24, 2.45) is 0 Å². The zero-order valence-electron chi connectivity index (χ0n) is 15.6. The van der Waals surface area contributed by atoms with Gasteiger partial charge in [0.05, 0.1) is 6.54 Å². The average Bonchev–Trinajstić information content (AvgIpc) is 3.19. The standard InChI is InChI=1S/C21H20ClFN4O2/c22-16-5-1-14(2-6-16)20-25-19(29-26-20)13-27-11-9-18(10-12-27)24-21(28)15-3-7-17(23)8-4-15/h1-8,18H,9-13H2,(H,24,28). The van der Waals surface area contributed by atoms with Crippen LogP contribution in [-0.4, -0.2) is 40.1 Å².